The molecule has 1 aromatic rings. The van der Waals surface area contributed by atoms with Gasteiger partial charge < -0.3 is 20.7 Å². The number of rotatable bonds is 4. The molecule has 0 heterocycles. The third-order valence-electron chi connectivity index (χ3n) is 4.65. The van der Waals surface area contributed by atoms with Gasteiger partial charge in [-0.15, -0.1) is 0 Å². The van der Waals surface area contributed by atoms with Crippen molar-refractivity contribution in [1.82, 2.24) is 0 Å². The summed E-state index contributed by atoms with van der Waals surface area (Å²) in [5.41, 5.74) is 4.57. The third-order valence-corrected chi connectivity index (χ3v) is 4.89. The molecule has 8 nitrogen and oxygen atoms in total. The van der Waals surface area contributed by atoms with Crippen LogP contribution in [0.3, 0.4) is 0 Å². The van der Waals surface area contributed by atoms with E-state index in [0.717, 1.165) is 0 Å². The topological polar surface area (TPSA) is 139 Å². The van der Waals surface area contributed by atoms with Gasteiger partial charge in [-0.05, 0) is 18.2 Å². The van der Waals surface area contributed by atoms with Crippen LogP contribution in [0.1, 0.15) is 6.42 Å². The van der Waals surface area contributed by atoms with Gasteiger partial charge in [0.05, 0.1) is 5.92 Å². The number of anilines is 1. The fourth-order valence-electron chi connectivity index (χ4n) is 3.59. The number of benzene rings is 1. The lowest BCUT2D eigenvalue weighted by Gasteiger charge is -2.24. The van der Waals surface area contributed by atoms with Gasteiger partial charge in [-0.1, -0.05) is 17.7 Å². The van der Waals surface area contributed by atoms with Crippen LogP contribution in [0.4, 0.5) is 10.5 Å². The fraction of sp³-hybridized carbons (Fsp3) is 0.400. The van der Waals surface area contributed by atoms with Crippen LogP contribution >= 0.6 is 11.6 Å². The van der Waals surface area contributed by atoms with E-state index in [1.165, 1.54) is 6.07 Å². The average molecular weight is 355 g/mol. The second-order valence-corrected chi connectivity index (χ2v) is 6.53. The van der Waals surface area contributed by atoms with Gasteiger partial charge in [-0.2, -0.15) is 0 Å². The van der Waals surface area contributed by atoms with E-state index < -0.39 is 47.4 Å². The standard InChI is InChI=1S/C15H15ClN2O6/c16-6-2-1-3-7(4-6)18-14(23)24-8-5-15(17,13(21)22)11-9(8)10(11)12(19)20/h1-4,8-11H,5,17H2,(H,18,23)(H,19,20)(H,21,22)/t8?,9?,10-,11?,15?/m0/s1. The number of amides is 1. The molecule has 2 fully saturated rings. The highest BCUT2D eigenvalue weighted by atomic mass is 35.5. The van der Waals surface area contributed by atoms with Crippen LogP contribution in [0.25, 0.3) is 0 Å². The Bertz CT molecular complexity index is 726. The van der Waals surface area contributed by atoms with Gasteiger partial charge in [0.2, 0.25) is 0 Å². The second kappa shape index (κ2) is 5.64. The van der Waals surface area contributed by atoms with Crippen LogP contribution in [0.5, 0.6) is 0 Å². The van der Waals surface area contributed by atoms with Crippen molar-refractivity contribution in [2.45, 2.75) is 18.1 Å². The van der Waals surface area contributed by atoms with Crippen LogP contribution in [-0.2, 0) is 14.3 Å². The Balaban J connectivity index is 1.70. The zero-order chi connectivity index (χ0) is 17.6. The predicted octanol–water partition coefficient (Wildman–Crippen LogP) is 1.39. The molecule has 0 radical (unpaired) electrons. The number of carbonyl (C=O) groups excluding carboxylic acids is 1. The van der Waals surface area contributed by atoms with Gasteiger partial charge in [0.25, 0.3) is 0 Å². The summed E-state index contributed by atoms with van der Waals surface area (Å²) in [4.78, 5) is 34.6. The minimum absolute atomic E-state index is 0.121. The van der Waals surface area contributed by atoms with Gasteiger partial charge in [-0.3, -0.25) is 14.9 Å². The smallest absolute Gasteiger partial charge is 0.411 e. The van der Waals surface area contributed by atoms with Crippen LogP contribution in [0, 0.1) is 17.8 Å². The monoisotopic (exact) mass is 354 g/mol. The number of ether oxygens (including phenoxy) is 1. The Hall–Kier alpha value is -2.32. The van der Waals surface area contributed by atoms with Crippen molar-refractivity contribution >= 4 is 35.3 Å². The third kappa shape index (κ3) is 2.67. The number of carbonyl (C=O) groups is 3. The van der Waals surface area contributed by atoms with Crippen molar-refractivity contribution in [3.63, 3.8) is 0 Å². The number of hydrogen-bond acceptors (Lipinski definition) is 5. The number of fused-ring (bicyclic) bond motifs is 1. The molecule has 5 atom stereocenters. The Morgan fingerprint density at radius 3 is 2.62 bits per heavy atom. The Kier molecular flexibility index (Phi) is 3.89. The summed E-state index contributed by atoms with van der Waals surface area (Å²) in [5, 5.41) is 21.4. The summed E-state index contributed by atoms with van der Waals surface area (Å²) in [6.45, 7) is 0. The van der Waals surface area contributed by atoms with Crippen LogP contribution in [-0.4, -0.2) is 39.9 Å². The van der Waals surface area contributed by atoms with Crippen LogP contribution in [0.15, 0.2) is 24.3 Å². The van der Waals surface area contributed by atoms with Gasteiger partial charge in [0.15, 0.2) is 0 Å². The van der Waals surface area contributed by atoms with E-state index in [1.54, 1.807) is 18.2 Å². The highest BCUT2D eigenvalue weighted by Gasteiger charge is 2.75. The molecule has 2 saturated carbocycles. The maximum Gasteiger partial charge on any atom is 0.411 e. The van der Waals surface area contributed by atoms with Crippen LogP contribution < -0.4 is 11.1 Å². The summed E-state index contributed by atoms with van der Waals surface area (Å²) in [6, 6.07) is 6.39. The fourth-order valence-corrected chi connectivity index (χ4v) is 3.78. The van der Waals surface area contributed by atoms with E-state index in [9.17, 15) is 24.6 Å². The summed E-state index contributed by atoms with van der Waals surface area (Å²) < 4.78 is 5.24. The maximum atomic E-state index is 12.0. The Labute approximate surface area is 141 Å². The summed E-state index contributed by atoms with van der Waals surface area (Å²) >= 11 is 5.82. The maximum absolute atomic E-state index is 12.0. The van der Waals surface area contributed by atoms with Crippen molar-refractivity contribution in [2.75, 3.05) is 5.32 Å². The average Bonchev–Trinajstić information content (AvgIpc) is 3.16. The lowest BCUT2D eigenvalue weighted by molar-refractivity contribution is -0.146. The molecule has 1 amide bonds. The van der Waals surface area contributed by atoms with E-state index in [4.69, 9.17) is 22.1 Å². The first-order valence-electron chi connectivity index (χ1n) is 7.22. The molecule has 1 aromatic carbocycles. The minimum Gasteiger partial charge on any atom is -0.481 e. The molecule has 0 aliphatic heterocycles. The highest BCUT2D eigenvalue weighted by Crippen LogP contribution is 2.62. The van der Waals surface area contributed by atoms with Gasteiger partial charge >= 0.3 is 18.0 Å². The molecule has 0 spiro atoms. The number of carboxylic acid groups (broad SMARTS) is 2. The van der Waals surface area contributed by atoms with E-state index in [-0.39, 0.29) is 6.42 Å². The summed E-state index contributed by atoms with van der Waals surface area (Å²) in [7, 11) is 0. The Morgan fingerprint density at radius 2 is 2.04 bits per heavy atom. The van der Waals surface area contributed by atoms with E-state index >= 15 is 0 Å². The largest absolute Gasteiger partial charge is 0.481 e. The molecule has 0 saturated heterocycles. The highest BCUT2D eigenvalue weighted by molar-refractivity contribution is 6.30. The van der Waals surface area contributed by atoms with Gasteiger partial charge in [-0.25, -0.2) is 4.79 Å². The first kappa shape index (κ1) is 16.5. The lowest BCUT2D eigenvalue weighted by atomic mass is 9.91. The molecule has 24 heavy (non-hydrogen) atoms. The molecule has 9 heteroatoms. The van der Waals surface area contributed by atoms with E-state index in [0.29, 0.717) is 10.7 Å². The van der Waals surface area contributed by atoms with E-state index in [2.05, 4.69) is 5.32 Å². The van der Waals surface area contributed by atoms with Crippen LogP contribution in [0.2, 0.25) is 5.02 Å². The molecule has 0 aromatic heterocycles. The van der Waals surface area contributed by atoms with Crippen molar-refractivity contribution in [3.8, 4) is 0 Å². The molecule has 0 bridgehead atoms. The minimum atomic E-state index is -1.70. The molecule has 4 unspecified atom stereocenters. The number of aliphatic carboxylic acids is 2. The van der Waals surface area contributed by atoms with Gasteiger partial charge in [0.1, 0.15) is 11.6 Å². The molecular weight excluding hydrogens is 340 g/mol. The summed E-state index contributed by atoms with van der Waals surface area (Å²) in [5.74, 6) is -4.67. The number of nitrogens with one attached hydrogen (secondary N) is 1. The normalized spacial score (nSPS) is 33.4. The van der Waals surface area contributed by atoms with Crippen molar-refractivity contribution < 1.29 is 29.3 Å². The summed E-state index contributed by atoms with van der Waals surface area (Å²) in [6.07, 6.45) is -1.80. The molecule has 128 valence electrons. The predicted molar refractivity (Wildman–Crippen MR) is 82.6 cm³/mol. The number of nitrogens with two attached hydrogens (primary N) is 1. The Morgan fingerprint density at radius 1 is 1.33 bits per heavy atom. The number of carboxylic acids is 2. The molecular formula is C15H15ClN2O6. The second-order valence-electron chi connectivity index (χ2n) is 6.10. The molecule has 5 N–H and O–H groups in total. The van der Waals surface area contributed by atoms with E-state index in [1.807, 2.05) is 0 Å². The number of halogens is 1. The zero-order valence-electron chi connectivity index (χ0n) is 12.3. The van der Waals surface area contributed by atoms with Crippen molar-refractivity contribution in [2.24, 2.45) is 23.5 Å². The van der Waals surface area contributed by atoms with Crippen molar-refractivity contribution in [1.29, 1.82) is 0 Å². The molecule has 3 rings (SSSR count). The van der Waals surface area contributed by atoms with Gasteiger partial charge in [0, 0.05) is 29.0 Å². The molecule has 2 aliphatic rings. The SMILES string of the molecule is NC1(C(=O)O)CC(OC(=O)Nc2cccc(Cl)c2)C2C1[C@H]2C(=O)O. The van der Waals surface area contributed by atoms with Crippen molar-refractivity contribution in [3.05, 3.63) is 29.3 Å². The first-order chi connectivity index (χ1) is 11.2. The lowest BCUT2D eigenvalue weighted by Crippen LogP contribution is -2.51. The number of hydrogen-bond donors (Lipinski definition) is 4. The first-order valence-corrected chi connectivity index (χ1v) is 7.60. The zero-order valence-corrected chi connectivity index (χ0v) is 13.1. The molecule has 2 aliphatic carbocycles. The quantitative estimate of drug-likeness (QED) is 0.640.